The van der Waals surface area contributed by atoms with Gasteiger partial charge in [-0.15, -0.1) is 0 Å². The molecule has 0 heterocycles. The van der Waals surface area contributed by atoms with Gasteiger partial charge in [-0.25, -0.2) is 0 Å². The van der Waals surface area contributed by atoms with E-state index >= 15 is 0 Å². The SMILES string of the molecule is Cc1ccccc1/N=C1\CC1S[Si](C)(C)C. The lowest BCUT2D eigenvalue weighted by atomic mass is 10.2. The van der Waals surface area contributed by atoms with Crippen molar-refractivity contribution in [2.75, 3.05) is 0 Å². The number of hydrogen-bond donors (Lipinski definition) is 0. The minimum Gasteiger partial charge on any atom is -0.256 e. The summed E-state index contributed by atoms with van der Waals surface area (Å²) in [6, 6.07) is 8.37. The topological polar surface area (TPSA) is 12.4 Å². The lowest BCUT2D eigenvalue weighted by Crippen LogP contribution is -2.15. The van der Waals surface area contributed by atoms with E-state index in [0.717, 1.165) is 5.69 Å². The molecule has 1 aliphatic carbocycles. The predicted octanol–water partition coefficient (Wildman–Crippen LogP) is 4.41. The Bertz CT molecular complexity index is 420. The van der Waals surface area contributed by atoms with E-state index in [4.69, 9.17) is 4.99 Å². The normalized spacial score (nSPS) is 22.5. The molecular formula is C13H19NSSi. The molecule has 2 rings (SSSR count). The fourth-order valence-electron chi connectivity index (χ4n) is 1.63. The fourth-order valence-corrected chi connectivity index (χ4v) is 6.14. The van der Waals surface area contributed by atoms with Gasteiger partial charge in [0.2, 0.25) is 0 Å². The average Bonchev–Trinajstić information content (AvgIpc) is 2.85. The summed E-state index contributed by atoms with van der Waals surface area (Å²) in [5.74, 6) is 0. The van der Waals surface area contributed by atoms with Crippen molar-refractivity contribution < 1.29 is 0 Å². The molecule has 1 aliphatic rings. The third kappa shape index (κ3) is 3.22. The van der Waals surface area contributed by atoms with Gasteiger partial charge in [-0.1, -0.05) is 37.8 Å². The zero-order chi connectivity index (χ0) is 11.8. The van der Waals surface area contributed by atoms with Gasteiger partial charge in [0, 0.05) is 17.4 Å². The highest BCUT2D eigenvalue weighted by atomic mass is 32.4. The molecule has 1 aromatic rings. The summed E-state index contributed by atoms with van der Waals surface area (Å²) < 4.78 is 0. The second kappa shape index (κ2) is 4.38. The predicted molar refractivity (Wildman–Crippen MR) is 77.6 cm³/mol. The highest BCUT2D eigenvalue weighted by Gasteiger charge is 2.36. The molecule has 0 aliphatic heterocycles. The summed E-state index contributed by atoms with van der Waals surface area (Å²) in [7, 11) is -0.995. The minimum absolute atomic E-state index is 0.714. The molecule has 86 valence electrons. The summed E-state index contributed by atoms with van der Waals surface area (Å²) in [6.07, 6.45) is 1.20. The molecule has 1 unspecified atom stereocenters. The van der Waals surface area contributed by atoms with Crippen LogP contribution in [0.5, 0.6) is 0 Å². The smallest absolute Gasteiger partial charge is 0.109 e. The number of hydrogen-bond acceptors (Lipinski definition) is 2. The highest BCUT2D eigenvalue weighted by molar-refractivity contribution is 8.29. The van der Waals surface area contributed by atoms with Gasteiger partial charge in [0.1, 0.15) is 7.22 Å². The summed E-state index contributed by atoms with van der Waals surface area (Å²) in [6.45, 7) is 9.34. The van der Waals surface area contributed by atoms with Gasteiger partial charge < -0.3 is 0 Å². The summed E-state index contributed by atoms with van der Waals surface area (Å²) in [5, 5.41) is 0.714. The van der Waals surface area contributed by atoms with Crippen LogP contribution < -0.4 is 0 Å². The largest absolute Gasteiger partial charge is 0.256 e. The van der Waals surface area contributed by atoms with E-state index in [1.54, 1.807) is 0 Å². The van der Waals surface area contributed by atoms with Crippen molar-refractivity contribution in [1.82, 2.24) is 0 Å². The number of benzene rings is 1. The highest BCUT2D eigenvalue weighted by Crippen LogP contribution is 2.39. The van der Waals surface area contributed by atoms with Gasteiger partial charge in [-0.2, -0.15) is 11.2 Å². The molecule has 0 N–H and O–H groups in total. The lowest BCUT2D eigenvalue weighted by molar-refractivity contribution is 1.40. The molecule has 1 nitrogen and oxygen atoms in total. The number of para-hydroxylation sites is 1. The van der Waals surface area contributed by atoms with E-state index in [-0.39, 0.29) is 0 Å². The Labute approximate surface area is 103 Å². The fraction of sp³-hybridized carbons (Fsp3) is 0.462. The monoisotopic (exact) mass is 249 g/mol. The number of nitrogens with zero attached hydrogens (tertiary/aromatic N) is 1. The first kappa shape index (κ1) is 11.9. The van der Waals surface area contributed by atoms with Crippen LogP contribution >= 0.6 is 11.2 Å². The van der Waals surface area contributed by atoms with Gasteiger partial charge in [0.25, 0.3) is 0 Å². The Kier molecular flexibility index (Phi) is 3.26. The summed E-state index contributed by atoms with van der Waals surface area (Å²) in [5.41, 5.74) is 3.82. The Hall–Kier alpha value is -0.543. The molecule has 3 heteroatoms. The summed E-state index contributed by atoms with van der Waals surface area (Å²) >= 11 is 2.16. The van der Waals surface area contributed by atoms with Crippen molar-refractivity contribution in [3.63, 3.8) is 0 Å². The Morgan fingerprint density at radius 3 is 2.56 bits per heavy atom. The van der Waals surface area contributed by atoms with Gasteiger partial charge in [0.15, 0.2) is 0 Å². The van der Waals surface area contributed by atoms with E-state index in [1.165, 1.54) is 17.7 Å². The van der Waals surface area contributed by atoms with Crippen LogP contribution in [-0.2, 0) is 0 Å². The van der Waals surface area contributed by atoms with Crippen LogP contribution in [0.3, 0.4) is 0 Å². The van der Waals surface area contributed by atoms with E-state index in [1.807, 2.05) is 0 Å². The Balaban J connectivity index is 2.04. The maximum absolute atomic E-state index is 4.75. The molecule has 0 amide bonds. The molecule has 0 bridgehead atoms. The average molecular weight is 249 g/mol. The van der Waals surface area contributed by atoms with Crippen molar-refractivity contribution >= 4 is 29.8 Å². The minimum atomic E-state index is -0.995. The molecule has 1 aromatic carbocycles. The molecule has 1 fully saturated rings. The third-order valence-electron chi connectivity index (χ3n) is 2.48. The first-order chi connectivity index (χ1) is 7.46. The second-order valence-electron chi connectivity index (χ2n) is 5.31. The van der Waals surface area contributed by atoms with Crippen LogP contribution in [-0.4, -0.2) is 18.2 Å². The van der Waals surface area contributed by atoms with E-state index < -0.39 is 7.22 Å². The maximum Gasteiger partial charge on any atom is 0.109 e. The molecule has 0 aromatic heterocycles. The van der Waals surface area contributed by atoms with Crippen molar-refractivity contribution in [2.45, 2.75) is 38.2 Å². The van der Waals surface area contributed by atoms with E-state index in [0.29, 0.717) is 5.25 Å². The number of aliphatic imine (C=N–C) groups is 1. The number of rotatable bonds is 3. The zero-order valence-electron chi connectivity index (χ0n) is 10.4. The molecule has 1 saturated carbocycles. The zero-order valence-corrected chi connectivity index (χ0v) is 12.3. The van der Waals surface area contributed by atoms with E-state index in [9.17, 15) is 0 Å². The molecule has 0 spiro atoms. The van der Waals surface area contributed by atoms with Crippen molar-refractivity contribution in [3.8, 4) is 0 Å². The molecule has 0 saturated heterocycles. The van der Waals surface area contributed by atoms with Crippen LogP contribution in [0, 0.1) is 6.92 Å². The molecular weight excluding hydrogens is 230 g/mol. The molecule has 16 heavy (non-hydrogen) atoms. The van der Waals surface area contributed by atoms with E-state index in [2.05, 4.69) is 62.0 Å². The first-order valence-corrected chi connectivity index (χ1v) is 10.9. The lowest BCUT2D eigenvalue weighted by Gasteiger charge is -2.13. The first-order valence-electron chi connectivity index (χ1n) is 5.76. The van der Waals surface area contributed by atoms with Crippen LogP contribution in [0.4, 0.5) is 5.69 Å². The van der Waals surface area contributed by atoms with Crippen LogP contribution in [0.25, 0.3) is 0 Å². The van der Waals surface area contributed by atoms with Gasteiger partial charge >= 0.3 is 0 Å². The maximum atomic E-state index is 4.75. The second-order valence-corrected chi connectivity index (χ2v) is 14.7. The summed E-state index contributed by atoms with van der Waals surface area (Å²) in [4.78, 5) is 4.75. The van der Waals surface area contributed by atoms with Crippen LogP contribution in [0.15, 0.2) is 29.3 Å². The van der Waals surface area contributed by atoms with Gasteiger partial charge in [0.05, 0.1) is 5.69 Å². The Morgan fingerprint density at radius 1 is 1.25 bits per heavy atom. The van der Waals surface area contributed by atoms with Crippen LogP contribution in [0.1, 0.15) is 12.0 Å². The van der Waals surface area contributed by atoms with Gasteiger partial charge in [-0.05, 0) is 18.6 Å². The molecule has 1 atom stereocenters. The molecule has 0 radical (unpaired) electrons. The van der Waals surface area contributed by atoms with Gasteiger partial charge in [-0.3, -0.25) is 4.99 Å². The quantitative estimate of drug-likeness (QED) is 0.723. The van der Waals surface area contributed by atoms with Crippen molar-refractivity contribution in [3.05, 3.63) is 29.8 Å². The third-order valence-corrected chi connectivity index (χ3v) is 6.89. The number of aryl methyl sites for hydroxylation is 1. The van der Waals surface area contributed by atoms with Crippen molar-refractivity contribution in [1.29, 1.82) is 0 Å². The van der Waals surface area contributed by atoms with Crippen molar-refractivity contribution in [2.24, 2.45) is 4.99 Å². The standard InChI is InChI=1S/C13H19NSSi/c1-10-7-5-6-8-11(10)14-12-9-13(12)15-16(2,3)4/h5-8,13H,9H2,1-4H3/b14-12+. The van der Waals surface area contributed by atoms with Crippen LogP contribution in [0.2, 0.25) is 19.6 Å². The Morgan fingerprint density at radius 2 is 1.94 bits per heavy atom.